The highest BCUT2D eigenvalue weighted by Gasteiger charge is 2.31. The minimum atomic E-state index is -0.226. The number of likely N-dealkylation sites (N-methyl/N-ethyl adjacent to an activating group) is 1. The average molecular weight is 337 g/mol. The van der Waals surface area contributed by atoms with Crippen molar-refractivity contribution in [3.8, 4) is 0 Å². The highest BCUT2D eigenvalue weighted by molar-refractivity contribution is 6.30. The Morgan fingerprint density at radius 1 is 0.880 bits per heavy atom. The van der Waals surface area contributed by atoms with E-state index in [1.54, 1.807) is 42.5 Å². The fraction of sp³-hybridized carbons (Fsp3) is 0.250. The number of fused-ring (bicyclic) bond motifs is 2. The second-order valence-electron chi connectivity index (χ2n) is 6.11. The SMILES string of the molecule is CC[NH+](CC)CC(=O)Nc1cccc2c1C(=O)c1ccccc1C2=O. The van der Waals surface area contributed by atoms with E-state index in [1.807, 2.05) is 13.8 Å². The van der Waals surface area contributed by atoms with E-state index < -0.39 is 0 Å². The van der Waals surface area contributed by atoms with Gasteiger partial charge < -0.3 is 10.2 Å². The number of carbonyl (C=O) groups excluding carboxylic acids is 3. The Morgan fingerprint density at radius 2 is 1.48 bits per heavy atom. The fourth-order valence-electron chi connectivity index (χ4n) is 3.17. The second kappa shape index (κ2) is 6.99. The van der Waals surface area contributed by atoms with E-state index >= 15 is 0 Å². The maximum absolute atomic E-state index is 12.9. The van der Waals surface area contributed by atoms with Gasteiger partial charge in [-0.05, 0) is 19.9 Å². The molecular weight excluding hydrogens is 316 g/mol. The van der Waals surface area contributed by atoms with Crippen molar-refractivity contribution in [2.75, 3.05) is 25.0 Å². The maximum atomic E-state index is 12.9. The molecule has 3 rings (SSSR count). The molecule has 128 valence electrons. The van der Waals surface area contributed by atoms with E-state index in [-0.39, 0.29) is 23.0 Å². The van der Waals surface area contributed by atoms with Gasteiger partial charge in [-0.2, -0.15) is 0 Å². The van der Waals surface area contributed by atoms with Crippen molar-refractivity contribution in [3.63, 3.8) is 0 Å². The first-order chi connectivity index (χ1) is 12.1. The summed E-state index contributed by atoms with van der Waals surface area (Å²) in [6, 6.07) is 11.8. The first kappa shape index (κ1) is 17.0. The predicted molar refractivity (Wildman–Crippen MR) is 95.3 cm³/mol. The highest BCUT2D eigenvalue weighted by atomic mass is 16.2. The van der Waals surface area contributed by atoms with Crippen LogP contribution in [-0.2, 0) is 4.79 Å². The number of amides is 1. The number of benzene rings is 2. The van der Waals surface area contributed by atoms with Crippen molar-refractivity contribution in [1.29, 1.82) is 0 Å². The fourth-order valence-corrected chi connectivity index (χ4v) is 3.17. The molecule has 0 aromatic heterocycles. The van der Waals surface area contributed by atoms with Crippen LogP contribution in [0.1, 0.15) is 45.7 Å². The molecule has 0 saturated carbocycles. The summed E-state index contributed by atoms with van der Waals surface area (Å²) in [7, 11) is 0. The molecule has 0 radical (unpaired) electrons. The Hall–Kier alpha value is -2.79. The zero-order chi connectivity index (χ0) is 18.0. The Morgan fingerprint density at radius 3 is 2.12 bits per heavy atom. The number of carbonyl (C=O) groups is 3. The van der Waals surface area contributed by atoms with E-state index in [2.05, 4.69) is 5.32 Å². The molecule has 25 heavy (non-hydrogen) atoms. The number of ketones is 2. The summed E-state index contributed by atoms with van der Waals surface area (Å²) in [6.07, 6.45) is 0. The standard InChI is InChI=1S/C20H20N2O3/c1-3-22(4-2)12-17(23)21-16-11-7-10-15-18(16)20(25)14-9-6-5-8-13(14)19(15)24/h5-11H,3-4,12H2,1-2H3,(H,21,23)/p+1. The van der Waals surface area contributed by atoms with Gasteiger partial charge in [-0.1, -0.05) is 36.4 Å². The van der Waals surface area contributed by atoms with Crippen molar-refractivity contribution >= 4 is 23.2 Å². The van der Waals surface area contributed by atoms with Gasteiger partial charge >= 0.3 is 0 Å². The highest BCUT2D eigenvalue weighted by Crippen LogP contribution is 2.31. The zero-order valence-corrected chi connectivity index (χ0v) is 14.4. The van der Waals surface area contributed by atoms with Crippen molar-refractivity contribution in [1.82, 2.24) is 0 Å². The molecule has 5 heteroatoms. The molecule has 0 bridgehead atoms. The summed E-state index contributed by atoms with van der Waals surface area (Å²) >= 11 is 0. The number of hydrogen-bond donors (Lipinski definition) is 2. The maximum Gasteiger partial charge on any atom is 0.279 e. The minimum absolute atomic E-state index is 0.161. The van der Waals surface area contributed by atoms with Gasteiger partial charge in [-0.3, -0.25) is 14.4 Å². The molecule has 0 atom stereocenters. The quantitative estimate of drug-likeness (QED) is 0.738. The van der Waals surface area contributed by atoms with Gasteiger partial charge in [0.05, 0.1) is 24.3 Å². The Bertz CT molecular complexity index is 854. The Kier molecular flexibility index (Phi) is 4.76. The molecule has 0 aliphatic heterocycles. The number of nitrogens with one attached hydrogen (secondary N) is 2. The average Bonchev–Trinajstić information content (AvgIpc) is 2.64. The monoisotopic (exact) mass is 337 g/mol. The molecule has 0 spiro atoms. The number of quaternary nitrogens is 1. The molecule has 1 aliphatic rings. The van der Waals surface area contributed by atoms with Gasteiger partial charge in [-0.15, -0.1) is 0 Å². The van der Waals surface area contributed by atoms with Gasteiger partial charge in [-0.25, -0.2) is 0 Å². The third kappa shape index (κ3) is 3.10. The van der Waals surface area contributed by atoms with E-state index in [4.69, 9.17) is 0 Å². The van der Waals surface area contributed by atoms with Gasteiger partial charge in [0.1, 0.15) is 0 Å². The predicted octanol–water partition coefficient (Wildman–Crippen LogP) is 1.33. The van der Waals surface area contributed by atoms with E-state index in [0.29, 0.717) is 28.9 Å². The molecule has 0 fully saturated rings. The number of rotatable bonds is 5. The molecule has 0 saturated heterocycles. The molecule has 5 nitrogen and oxygen atoms in total. The largest absolute Gasteiger partial charge is 0.328 e. The summed E-state index contributed by atoms with van der Waals surface area (Å²) < 4.78 is 0. The van der Waals surface area contributed by atoms with Crippen molar-refractivity contribution in [3.05, 3.63) is 64.7 Å². The summed E-state index contributed by atoms with van der Waals surface area (Å²) in [5.41, 5.74) is 1.83. The lowest BCUT2D eigenvalue weighted by molar-refractivity contribution is -0.888. The van der Waals surface area contributed by atoms with Crippen LogP contribution in [0, 0.1) is 0 Å². The van der Waals surface area contributed by atoms with Crippen LogP contribution in [0.15, 0.2) is 42.5 Å². The summed E-state index contributed by atoms with van der Waals surface area (Å²) in [5, 5.41) is 2.82. The lowest BCUT2D eigenvalue weighted by atomic mass is 9.83. The summed E-state index contributed by atoms with van der Waals surface area (Å²) in [5.74, 6) is -0.571. The van der Waals surface area contributed by atoms with Crippen LogP contribution in [0.5, 0.6) is 0 Å². The molecule has 2 aromatic carbocycles. The Labute approximate surface area is 146 Å². The van der Waals surface area contributed by atoms with Crippen molar-refractivity contribution in [2.24, 2.45) is 0 Å². The van der Waals surface area contributed by atoms with Crippen LogP contribution >= 0.6 is 0 Å². The van der Waals surface area contributed by atoms with E-state index in [9.17, 15) is 14.4 Å². The van der Waals surface area contributed by atoms with Crippen LogP contribution in [0.25, 0.3) is 0 Å². The minimum Gasteiger partial charge on any atom is -0.328 e. The molecule has 1 amide bonds. The van der Waals surface area contributed by atoms with Crippen LogP contribution < -0.4 is 10.2 Å². The molecular formula is C20H21N2O3+. The van der Waals surface area contributed by atoms with Crippen molar-refractivity contribution < 1.29 is 19.3 Å². The molecule has 2 aromatic rings. The lowest BCUT2D eigenvalue weighted by Gasteiger charge is -2.21. The second-order valence-corrected chi connectivity index (χ2v) is 6.11. The van der Waals surface area contributed by atoms with E-state index in [0.717, 1.165) is 18.0 Å². The first-order valence-electron chi connectivity index (χ1n) is 8.51. The number of anilines is 1. The zero-order valence-electron chi connectivity index (χ0n) is 14.4. The molecule has 0 unspecified atom stereocenters. The third-order valence-corrected chi connectivity index (χ3v) is 4.64. The Balaban J connectivity index is 1.96. The van der Waals surface area contributed by atoms with Gasteiger partial charge in [0.15, 0.2) is 18.1 Å². The van der Waals surface area contributed by atoms with Crippen LogP contribution in [0.4, 0.5) is 5.69 Å². The molecule has 0 heterocycles. The smallest absolute Gasteiger partial charge is 0.279 e. The lowest BCUT2D eigenvalue weighted by Crippen LogP contribution is -3.12. The first-order valence-corrected chi connectivity index (χ1v) is 8.51. The molecule has 1 aliphatic carbocycles. The van der Waals surface area contributed by atoms with Gasteiger partial charge in [0, 0.05) is 16.7 Å². The topological polar surface area (TPSA) is 67.7 Å². The summed E-state index contributed by atoms with van der Waals surface area (Å²) in [6.45, 7) is 6.07. The van der Waals surface area contributed by atoms with Crippen molar-refractivity contribution in [2.45, 2.75) is 13.8 Å². The van der Waals surface area contributed by atoms with Crippen LogP contribution in [-0.4, -0.2) is 37.1 Å². The van der Waals surface area contributed by atoms with Gasteiger partial charge in [0.25, 0.3) is 5.91 Å². The van der Waals surface area contributed by atoms with Crippen LogP contribution in [0.3, 0.4) is 0 Å². The summed E-state index contributed by atoms with van der Waals surface area (Å²) in [4.78, 5) is 39.1. The third-order valence-electron chi connectivity index (χ3n) is 4.64. The van der Waals surface area contributed by atoms with E-state index in [1.165, 1.54) is 0 Å². The number of hydrogen-bond acceptors (Lipinski definition) is 3. The van der Waals surface area contributed by atoms with Crippen LogP contribution in [0.2, 0.25) is 0 Å². The molecule has 2 N–H and O–H groups in total. The van der Waals surface area contributed by atoms with Gasteiger partial charge in [0.2, 0.25) is 0 Å². The normalized spacial score (nSPS) is 12.8.